The molecule has 8 aromatic rings. The normalized spacial score (nSPS) is 12.2. The van der Waals surface area contributed by atoms with Crippen LogP contribution in [0.3, 0.4) is 0 Å². The molecule has 0 heterocycles. The summed E-state index contributed by atoms with van der Waals surface area (Å²) >= 11 is 0. The molecule has 0 spiro atoms. The highest BCUT2D eigenvalue weighted by Crippen LogP contribution is 2.43. The molecule has 0 aliphatic rings. The van der Waals surface area contributed by atoms with E-state index in [0.29, 0.717) is 44.3 Å². The van der Waals surface area contributed by atoms with Crippen LogP contribution in [0.2, 0.25) is 0 Å². The second kappa shape index (κ2) is 15.3. The molecule has 14 nitrogen and oxygen atoms in total. The minimum Gasteiger partial charge on any atom is -0.505 e. The van der Waals surface area contributed by atoms with Crippen molar-refractivity contribution in [3.05, 3.63) is 146 Å². The number of benzene rings is 8. The van der Waals surface area contributed by atoms with Crippen molar-refractivity contribution in [2.24, 2.45) is 20.5 Å². The zero-order valence-corrected chi connectivity index (χ0v) is 32.7. The summed E-state index contributed by atoms with van der Waals surface area (Å²) < 4.78 is 68.3. The molecule has 0 bridgehead atoms. The van der Waals surface area contributed by atoms with Crippen LogP contribution in [0, 0.1) is 0 Å². The highest BCUT2D eigenvalue weighted by Gasteiger charge is 2.23. The Balaban J connectivity index is 0.952. The van der Waals surface area contributed by atoms with Gasteiger partial charge in [0.15, 0.2) is 11.5 Å². The molecule has 8 rings (SSSR count). The Morgan fingerprint density at radius 2 is 0.667 bits per heavy atom. The zero-order chi connectivity index (χ0) is 42.3. The van der Waals surface area contributed by atoms with E-state index >= 15 is 0 Å². The molecule has 0 saturated carbocycles. The van der Waals surface area contributed by atoms with Crippen LogP contribution in [0.15, 0.2) is 176 Å². The predicted molar refractivity (Wildman–Crippen MR) is 231 cm³/mol. The number of hydrogen-bond acceptors (Lipinski definition) is 12. The summed E-state index contributed by atoms with van der Waals surface area (Å²) in [5.74, 6) is -0.917. The molecular formula is C44H32N6O8S2. The number of nitrogens with zero attached hydrogens (tertiary/aromatic N) is 4. The van der Waals surface area contributed by atoms with E-state index in [9.17, 15) is 36.2 Å². The van der Waals surface area contributed by atoms with Gasteiger partial charge in [-0.2, -0.15) is 27.1 Å². The molecule has 0 amide bonds. The van der Waals surface area contributed by atoms with Gasteiger partial charge in [0, 0.05) is 22.1 Å². The Bertz CT molecular complexity index is 3050. The zero-order valence-electron chi connectivity index (χ0n) is 31.0. The fourth-order valence-electron chi connectivity index (χ4n) is 6.69. The summed E-state index contributed by atoms with van der Waals surface area (Å²) in [7, 11) is -9.51. The summed E-state index contributed by atoms with van der Waals surface area (Å²) in [5, 5.41) is 39.1. The van der Waals surface area contributed by atoms with Crippen molar-refractivity contribution in [1.29, 1.82) is 0 Å². The largest absolute Gasteiger partial charge is 0.505 e. The number of anilines is 2. The van der Waals surface area contributed by atoms with Gasteiger partial charge in [-0.05, 0) is 117 Å². The molecule has 0 aliphatic heterocycles. The first-order valence-electron chi connectivity index (χ1n) is 17.9. The van der Waals surface area contributed by atoms with Crippen LogP contribution in [-0.2, 0) is 20.2 Å². The van der Waals surface area contributed by atoms with E-state index in [-0.39, 0.29) is 0 Å². The van der Waals surface area contributed by atoms with E-state index in [4.69, 9.17) is 11.5 Å². The van der Waals surface area contributed by atoms with E-state index in [2.05, 4.69) is 20.5 Å². The first-order valence-corrected chi connectivity index (χ1v) is 20.8. The minimum absolute atomic E-state index is 0.295. The number of aromatic hydroxyl groups is 2. The highest BCUT2D eigenvalue weighted by atomic mass is 32.2. The van der Waals surface area contributed by atoms with Crippen LogP contribution in [-0.4, -0.2) is 36.2 Å². The number of phenols is 2. The van der Waals surface area contributed by atoms with Crippen molar-refractivity contribution in [2.75, 3.05) is 11.5 Å². The molecule has 0 unspecified atom stereocenters. The molecule has 60 heavy (non-hydrogen) atoms. The number of nitrogen functional groups attached to an aromatic ring is 2. The second-order valence-corrected chi connectivity index (χ2v) is 16.5. The highest BCUT2D eigenvalue weighted by molar-refractivity contribution is 7.86. The quantitative estimate of drug-likeness (QED) is 0.0455. The smallest absolute Gasteiger partial charge is 0.296 e. The van der Waals surface area contributed by atoms with Crippen LogP contribution < -0.4 is 11.5 Å². The predicted octanol–water partition coefficient (Wildman–Crippen LogP) is 10.9. The van der Waals surface area contributed by atoms with Gasteiger partial charge in [-0.3, -0.25) is 9.11 Å². The number of nitrogens with two attached hydrogens (primary N) is 2. The fraction of sp³-hybridized carbons (Fsp3) is 0. The lowest BCUT2D eigenvalue weighted by Gasteiger charge is -2.09. The maximum Gasteiger partial charge on any atom is 0.296 e. The van der Waals surface area contributed by atoms with E-state index in [1.54, 1.807) is 36.4 Å². The van der Waals surface area contributed by atoms with Crippen molar-refractivity contribution in [1.82, 2.24) is 0 Å². The van der Waals surface area contributed by atoms with E-state index in [1.807, 2.05) is 72.8 Å². The first kappa shape index (κ1) is 39.3. The average Bonchev–Trinajstić information content (AvgIpc) is 3.22. The van der Waals surface area contributed by atoms with Crippen molar-refractivity contribution >= 4 is 75.9 Å². The Hall–Kier alpha value is -7.50. The standard InChI is InChI=1S/C44H32N6O8S2/c45-33-13-19-37-31(21-33)23-39(59(53,54)55)41(43(37)51)49-47-35-15-9-29(10-16-35)27-5-1-25(2-6-27)26-3-7-28(8-4-26)30-11-17-36(18-12-30)48-50-42-40(60(56,57)58)24-32-22-34(46)14-20-38(32)44(42)52/h1-24,51-52H,45-46H2,(H,53,54,55)(H,56,57,58). The van der Waals surface area contributed by atoms with Gasteiger partial charge in [0.05, 0.1) is 11.4 Å². The Morgan fingerprint density at radius 1 is 0.383 bits per heavy atom. The summed E-state index contributed by atoms with van der Waals surface area (Å²) in [6, 6.07) is 41.5. The number of phenolic OH excluding ortho intramolecular Hbond substituents is 2. The Kier molecular flexibility index (Phi) is 10.1. The van der Waals surface area contributed by atoms with Gasteiger partial charge in [0.2, 0.25) is 0 Å². The number of rotatable bonds is 9. The van der Waals surface area contributed by atoms with E-state index in [0.717, 1.165) is 33.4 Å². The molecule has 8 N–H and O–H groups in total. The maximum atomic E-state index is 12.1. The number of hydrogen-bond donors (Lipinski definition) is 6. The van der Waals surface area contributed by atoms with Gasteiger partial charge < -0.3 is 21.7 Å². The Labute approximate surface area is 342 Å². The van der Waals surface area contributed by atoms with Gasteiger partial charge in [-0.25, -0.2) is 0 Å². The first-order chi connectivity index (χ1) is 28.6. The molecule has 8 aromatic carbocycles. The molecule has 298 valence electrons. The summed E-state index contributed by atoms with van der Waals surface area (Å²) in [4.78, 5) is -1.20. The van der Waals surface area contributed by atoms with Crippen molar-refractivity contribution in [2.45, 2.75) is 9.79 Å². The third kappa shape index (κ3) is 7.98. The van der Waals surface area contributed by atoms with E-state index in [1.165, 1.54) is 36.4 Å². The molecule has 0 saturated heterocycles. The molecule has 0 aromatic heterocycles. The summed E-state index contributed by atoms with van der Waals surface area (Å²) in [5.41, 5.74) is 17.9. The van der Waals surface area contributed by atoms with Crippen LogP contribution in [0.4, 0.5) is 34.1 Å². The average molecular weight is 837 g/mol. The molecule has 0 radical (unpaired) electrons. The van der Waals surface area contributed by atoms with Crippen molar-refractivity contribution < 1.29 is 36.2 Å². The third-order valence-electron chi connectivity index (χ3n) is 9.74. The lowest BCUT2D eigenvalue weighted by Crippen LogP contribution is -1.99. The summed E-state index contributed by atoms with van der Waals surface area (Å²) in [6.45, 7) is 0. The van der Waals surface area contributed by atoms with Gasteiger partial charge in [-0.1, -0.05) is 72.8 Å². The van der Waals surface area contributed by atoms with Crippen LogP contribution in [0.25, 0.3) is 54.9 Å². The topological polar surface area (TPSA) is 251 Å². The molecule has 16 heteroatoms. The van der Waals surface area contributed by atoms with Crippen molar-refractivity contribution in [3.8, 4) is 44.9 Å². The van der Waals surface area contributed by atoms with Crippen molar-refractivity contribution in [3.63, 3.8) is 0 Å². The van der Waals surface area contributed by atoms with Gasteiger partial charge in [-0.15, -0.1) is 10.2 Å². The summed E-state index contributed by atoms with van der Waals surface area (Å²) in [6.07, 6.45) is 0. The monoisotopic (exact) mass is 836 g/mol. The second-order valence-electron chi connectivity index (χ2n) is 13.7. The van der Waals surface area contributed by atoms with Gasteiger partial charge >= 0.3 is 0 Å². The van der Waals surface area contributed by atoms with Crippen LogP contribution >= 0.6 is 0 Å². The van der Waals surface area contributed by atoms with Crippen LogP contribution in [0.5, 0.6) is 11.5 Å². The van der Waals surface area contributed by atoms with Gasteiger partial charge in [0.1, 0.15) is 21.2 Å². The fourth-order valence-corrected chi connectivity index (χ4v) is 8.01. The lowest BCUT2D eigenvalue weighted by molar-refractivity contribution is 0.471. The molecule has 0 atom stereocenters. The number of azo groups is 2. The van der Waals surface area contributed by atoms with Gasteiger partial charge in [0.25, 0.3) is 20.2 Å². The Morgan fingerprint density at radius 3 is 0.950 bits per heavy atom. The molecule has 0 aliphatic carbocycles. The SMILES string of the molecule is Nc1ccc2c(O)c(N=Nc3ccc(-c4ccc(-c5ccc(-c6ccc(N=Nc7c(S(=O)(=O)O)cc8cc(N)ccc8c7O)cc6)cc5)cc4)cc3)c(S(=O)(=O)O)cc2c1. The van der Waals surface area contributed by atoms with E-state index < -0.39 is 52.9 Å². The molecular weight excluding hydrogens is 805 g/mol. The molecule has 0 fully saturated rings. The van der Waals surface area contributed by atoms with Crippen LogP contribution in [0.1, 0.15) is 0 Å². The minimum atomic E-state index is -4.76. The maximum absolute atomic E-state index is 12.1. The lowest BCUT2D eigenvalue weighted by atomic mass is 9.98. The third-order valence-corrected chi connectivity index (χ3v) is 11.5. The number of fused-ring (bicyclic) bond motifs is 2.